The molecule has 5 atom stereocenters. The van der Waals surface area contributed by atoms with Gasteiger partial charge in [-0.1, -0.05) is 19.1 Å². The average Bonchev–Trinajstić information content (AvgIpc) is 2.72. The normalized spacial score (nSPS) is 33.3. The molecule has 2 aliphatic heterocycles. The summed E-state index contributed by atoms with van der Waals surface area (Å²) in [7, 11) is 1.87. The van der Waals surface area contributed by atoms with Gasteiger partial charge in [0.05, 0.1) is 5.57 Å². The lowest BCUT2D eigenvalue weighted by Crippen LogP contribution is -2.53. The fraction of sp³-hybridized carbons (Fsp3) is 0.652. The first-order valence-electron chi connectivity index (χ1n) is 10.9. The summed E-state index contributed by atoms with van der Waals surface area (Å²) in [6.07, 6.45) is 0.0692. The summed E-state index contributed by atoms with van der Waals surface area (Å²) < 4.78 is 21.9. The lowest BCUT2D eigenvalue weighted by atomic mass is 9.82. The Morgan fingerprint density at radius 3 is 2.52 bits per heavy atom. The van der Waals surface area contributed by atoms with Gasteiger partial charge in [-0.05, 0) is 26.5 Å². The molecule has 1 saturated heterocycles. The number of hydrogen-bond donors (Lipinski definition) is 1. The molecule has 0 aromatic carbocycles. The Kier molecular flexibility index (Phi) is 8.79. The van der Waals surface area contributed by atoms with Gasteiger partial charge in [0, 0.05) is 39.3 Å². The summed E-state index contributed by atoms with van der Waals surface area (Å²) in [5, 5.41) is 10.9. The van der Waals surface area contributed by atoms with Crippen molar-refractivity contribution in [2.24, 2.45) is 5.92 Å². The summed E-state index contributed by atoms with van der Waals surface area (Å²) >= 11 is 0. The topological polar surface area (TPSA) is 129 Å². The van der Waals surface area contributed by atoms with Crippen LogP contribution in [0, 0.1) is 5.92 Å². The minimum atomic E-state index is -1.90. The first kappa shape index (κ1) is 26.5. The molecule has 0 radical (unpaired) electrons. The summed E-state index contributed by atoms with van der Waals surface area (Å²) in [5.41, 5.74) is -1.58. The number of nitrogens with zero attached hydrogens (tertiary/aromatic N) is 1. The van der Waals surface area contributed by atoms with E-state index in [1.807, 2.05) is 11.9 Å². The smallest absolute Gasteiger partial charge is 0.351 e. The Balaban J connectivity index is 2.63. The fourth-order valence-corrected chi connectivity index (χ4v) is 3.91. The van der Waals surface area contributed by atoms with E-state index in [0.29, 0.717) is 25.1 Å². The lowest BCUT2D eigenvalue weighted by molar-refractivity contribution is -0.192. The Morgan fingerprint density at radius 1 is 1.27 bits per heavy atom. The number of aliphatic hydroxyl groups is 1. The quantitative estimate of drug-likeness (QED) is 0.271. The Hall–Kier alpha value is -2.72. The zero-order chi connectivity index (χ0) is 24.9. The third-order valence-corrected chi connectivity index (χ3v) is 6.05. The third-order valence-electron chi connectivity index (χ3n) is 6.05. The van der Waals surface area contributed by atoms with Crippen molar-refractivity contribution in [3.8, 4) is 0 Å². The molecule has 184 valence electrons. The monoisotopic (exact) mass is 467 g/mol. The van der Waals surface area contributed by atoms with Crippen molar-refractivity contribution in [1.29, 1.82) is 0 Å². The SMILES string of the molecule is CC=C1C(=O)OC2CCN(C)CC=C(COC(=O)C(C)(OC(C)=O)C(C)C1OC(C)=O)C2O. The molecule has 2 bridgehead atoms. The maximum Gasteiger partial charge on any atom is 0.351 e. The largest absolute Gasteiger partial charge is 0.458 e. The molecule has 10 nitrogen and oxygen atoms in total. The summed E-state index contributed by atoms with van der Waals surface area (Å²) in [6, 6.07) is 0. The number of rotatable bonds is 2. The van der Waals surface area contributed by atoms with Gasteiger partial charge in [-0.2, -0.15) is 0 Å². The van der Waals surface area contributed by atoms with Crippen molar-refractivity contribution in [3.63, 3.8) is 0 Å². The molecule has 0 spiro atoms. The van der Waals surface area contributed by atoms with Crippen LogP contribution in [0.5, 0.6) is 0 Å². The molecular formula is C23H33NO9. The molecule has 0 aromatic rings. The van der Waals surface area contributed by atoms with E-state index in [2.05, 4.69) is 0 Å². The molecule has 2 heterocycles. The van der Waals surface area contributed by atoms with Crippen LogP contribution in [0.4, 0.5) is 0 Å². The van der Waals surface area contributed by atoms with Crippen LogP contribution < -0.4 is 0 Å². The second-order valence-corrected chi connectivity index (χ2v) is 8.56. The number of fused-ring (bicyclic) bond motifs is 2. The molecule has 0 amide bonds. The summed E-state index contributed by atoms with van der Waals surface area (Å²) in [5.74, 6) is -4.17. The van der Waals surface area contributed by atoms with Crippen LogP contribution in [0.25, 0.3) is 0 Å². The Bertz CT molecular complexity index is 849. The van der Waals surface area contributed by atoms with Crippen LogP contribution in [0.2, 0.25) is 0 Å². The van der Waals surface area contributed by atoms with Crippen molar-refractivity contribution in [1.82, 2.24) is 4.90 Å². The van der Waals surface area contributed by atoms with Gasteiger partial charge in [0.1, 0.15) is 24.9 Å². The number of hydrogen-bond acceptors (Lipinski definition) is 10. The van der Waals surface area contributed by atoms with Crippen molar-refractivity contribution in [3.05, 3.63) is 23.3 Å². The molecule has 0 saturated carbocycles. The van der Waals surface area contributed by atoms with Gasteiger partial charge >= 0.3 is 23.9 Å². The minimum Gasteiger partial charge on any atom is -0.458 e. The summed E-state index contributed by atoms with van der Waals surface area (Å²) in [6.45, 7) is 7.46. The molecule has 10 heteroatoms. The highest BCUT2D eigenvalue weighted by Crippen LogP contribution is 2.34. The van der Waals surface area contributed by atoms with E-state index in [0.717, 1.165) is 13.8 Å². The Labute approximate surface area is 193 Å². The van der Waals surface area contributed by atoms with Gasteiger partial charge in [-0.3, -0.25) is 9.59 Å². The molecule has 2 aliphatic rings. The first-order chi connectivity index (χ1) is 15.4. The lowest BCUT2D eigenvalue weighted by Gasteiger charge is -2.38. The molecule has 33 heavy (non-hydrogen) atoms. The van der Waals surface area contributed by atoms with Gasteiger partial charge in [0.25, 0.3) is 0 Å². The third kappa shape index (κ3) is 6.20. The highest BCUT2D eigenvalue weighted by molar-refractivity contribution is 5.91. The number of cyclic esters (lactones) is 1. The van der Waals surface area contributed by atoms with E-state index in [1.54, 1.807) is 13.0 Å². The van der Waals surface area contributed by atoms with Gasteiger partial charge in [0.2, 0.25) is 5.60 Å². The number of ether oxygens (including phenoxy) is 4. The molecule has 5 unspecified atom stereocenters. The molecule has 1 N–H and O–H groups in total. The number of likely N-dealkylation sites (N-methyl/N-ethyl adjacent to an activating group) is 1. The van der Waals surface area contributed by atoms with Gasteiger partial charge in [-0.25, -0.2) is 9.59 Å². The number of allylic oxidation sites excluding steroid dienone is 1. The standard InChI is InChI=1S/C23H33NO9/c1-7-17-20(31-14(3)25)13(2)23(5,33-15(4)26)22(29)30-12-16-8-10-24(6)11-9-18(19(16)27)32-21(17)28/h7-8,13,18-20,27H,9-12H2,1-6H3. The van der Waals surface area contributed by atoms with Crippen LogP contribution >= 0.6 is 0 Å². The van der Waals surface area contributed by atoms with Crippen LogP contribution in [0.3, 0.4) is 0 Å². The highest BCUT2D eigenvalue weighted by atomic mass is 16.6. The minimum absolute atomic E-state index is 0.0439. The highest BCUT2D eigenvalue weighted by Gasteiger charge is 2.51. The first-order valence-corrected chi connectivity index (χ1v) is 10.9. The van der Waals surface area contributed by atoms with E-state index in [4.69, 9.17) is 18.9 Å². The van der Waals surface area contributed by atoms with Gasteiger partial charge in [-0.15, -0.1) is 0 Å². The van der Waals surface area contributed by atoms with E-state index >= 15 is 0 Å². The van der Waals surface area contributed by atoms with Crippen LogP contribution in [-0.4, -0.2) is 84.5 Å². The van der Waals surface area contributed by atoms with Crippen molar-refractivity contribution in [2.75, 3.05) is 26.7 Å². The zero-order valence-corrected chi connectivity index (χ0v) is 20.0. The van der Waals surface area contributed by atoms with Crippen molar-refractivity contribution in [2.45, 2.75) is 65.0 Å². The maximum absolute atomic E-state index is 13.2. The van der Waals surface area contributed by atoms with Crippen LogP contribution in [0.1, 0.15) is 41.0 Å². The molecule has 2 rings (SSSR count). The van der Waals surface area contributed by atoms with Gasteiger partial charge < -0.3 is 29.0 Å². The molecule has 0 aliphatic carbocycles. The second kappa shape index (κ2) is 10.9. The van der Waals surface area contributed by atoms with E-state index in [-0.39, 0.29) is 12.2 Å². The predicted octanol–water partition coefficient (Wildman–Crippen LogP) is 0.914. The number of carbonyl (C=O) groups is 4. The van der Waals surface area contributed by atoms with Crippen molar-refractivity contribution >= 4 is 23.9 Å². The van der Waals surface area contributed by atoms with E-state index < -0.39 is 53.7 Å². The van der Waals surface area contributed by atoms with Crippen LogP contribution in [0.15, 0.2) is 23.3 Å². The average molecular weight is 468 g/mol. The second-order valence-electron chi connectivity index (χ2n) is 8.56. The predicted molar refractivity (Wildman–Crippen MR) is 116 cm³/mol. The molecule has 1 fully saturated rings. The number of esters is 4. The molecular weight excluding hydrogens is 434 g/mol. The van der Waals surface area contributed by atoms with E-state index in [9.17, 15) is 24.3 Å². The van der Waals surface area contributed by atoms with E-state index in [1.165, 1.54) is 19.9 Å². The maximum atomic E-state index is 13.2. The molecule has 0 aromatic heterocycles. The zero-order valence-electron chi connectivity index (χ0n) is 20.0. The number of carbonyl (C=O) groups excluding carboxylic acids is 4. The van der Waals surface area contributed by atoms with Crippen LogP contribution in [-0.2, 0) is 38.1 Å². The van der Waals surface area contributed by atoms with Gasteiger partial charge in [0.15, 0.2) is 0 Å². The summed E-state index contributed by atoms with van der Waals surface area (Å²) in [4.78, 5) is 52.1. The van der Waals surface area contributed by atoms with Crippen molar-refractivity contribution < 1.29 is 43.2 Å². The number of aliphatic hydroxyl groups excluding tert-OH is 1. The fourth-order valence-electron chi connectivity index (χ4n) is 3.91. The Morgan fingerprint density at radius 2 is 1.94 bits per heavy atom.